The molecule has 2 saturated heterocycles. The number of likely N-dealkylation sites (tertiary alicyclic amines) is 1. The number of aryl methyl sites for hydroxylation is 2. The van der Waals surface area contributed by atoms with Crippen LogP contribution in [0.5, 0.6) is 0 Å². The molecule has 0 radical (unpaired) electrons. The number of fused-ring (bicyclic) bond motifs is 1. The van der Waals surface area contributed by atoms with Gasteiger partial charge < -0.3 is 9.30 Å². The Balaban J connectivity index is 1.42. The standard InChI is InChI=1S/C16H23N5OS/c1-12-18-13(10-23-12)6-21-3-4-22-16-9-20(8-15(16)21)7-14-5-17-11-19(14)2/h5,10-11,15-16H,3-4,6-9H2,1-2H3/t15-,16-/m0/s1. The van der Waals surface area contributed by atoms with Crippen molar-refractivity contribution in [1.82, 2.24) is 24.3 Å². The van der Waals surface area contributed by atoms with Crippen molar-refractivity contribution in [2.24, 2.45) is 7.05 Å². The lowest BCUT2D eigenvalue weighted by Gasteiger charge is -2.36. The molecule has 4 heterocycles. The molecule has 0 bridgehead atoms. The number of ether oxygens (including phenoxy) is 1. The van der Waals surface area contributed by atoms with Crippen molar-refractivity contribution in [3.05, 3.63) is 34.3 Å². The number of morpholine rings is 1. The molecule has 6 nitrogen and oxygen atoms in total. The first-order chi connectivity index (χ1) is 11.2. The van der Waals surface area contributed by atoms with Crippen molar-refractivity contribution in [2.75, 3.05) is 26.2 Å². The van der Waals surface area contributed by atoms with Crippen LogP contribution in [0, 0.1) is 6.92 Å². The second-order valence-electron chi connectivity index (χ2n) is 6.49. The maximum absolute atomic E-state index is 6.03. The number of nitrogens with zero attached hydrogens (tertiary/aromatic N) is 5. The second-order valence-corrected chi connectivity index (χ2v) is 7.56. The first kappa shape index (κ1) is 15.3. The van der Waals surface area contributed by atoms with E-state index in [2.05, 4.69) is 43.7 Å². The predicted octanol–water partition coefficient (Wildman–Crippen LogP) is 1.27. The van der Waals surface area contributed by atoms with Crippen molar-refractivity contribution in [1.29, 1.82) is 0 Å². The average Bonchev–Trinajstić information content (AvgIpc) is 3.22. The Morgan fingerprint density at radius 2 is 2.26 bits per heavy atom. The van der Waals surface area contributed by atoms with Crippen molar-refractivity contribution >= 4 is 11.3 Å². The zero-order valence-electron chi connectivity index (χ0n) is 13.7. The number of rotatable bonds is 4. The zero-order chi connectivity index (χ0) is 15.8. The maximum atomic E-state index is 6.03. The summed E-state index contributed by atoms with van der Waals surface area (Å²) in [6.45, 7) is 7.83. The second kappa shape index (κ2) is 6.32. The van der Waals surface area contributed by atoms with Crippen molar-refractivity contribution in [3.8, 4) is 0 Å². The van der Waals surface area contributed by atoms with Crippen LogP contribution < -0.4 is 0 Å². The summed E-state index contributed by atoms with van der Waals surface area (Å²) >= 11 is 1.73. The Bertz CT molecular complexity index is 669. The highest BCUT2D eigenvalue weighted by Gasteiger charge is 2.40. The molecule has 2 aromatic heterocycles. The predicted molar refractivity (Wildman–Crippen MR) is 89.3 cm³/mol. The summed E-state index contributed by atoms with van der Waals surface area (Å²) in [5.41, 5.74) is 2.45. The molecule has 0 spiro atoms. The molecule has 0 aliphatic carbocycles. The van der Waals surface area contributed by atoms with E-state index >= 15 is 0 Å². The van der Waals surface area contributed by atoms with Crippen LogP contribution in [-0.4, -0.2) is 62.7 Å². The Labute approximate surface area is 140 Å². The lowest BCUT2D eigenvalue weighted by Crippen LogP contribution is -2.50. The highest BCUT2D eigenvalue weighted by Crippen LogP contribution is 2.26. The monoisotopic (exact) mass is 333 g/mol. The molecule has 0 amide bonds. The normalized spacial score (nSPS) is 25.8. The quantitative estimate of drug-likeness (QED) is 0.843. The van der Waals surface area contributed by atoms with E-state index < -0.39 is 0 Å². The van der Waals surface area contributed by atoms with Gasteiger partial charge in [-0.2, -0.15) is 0 Å². The molecule has 2 aliphatic rings. The summed E-state index contributed by atoms with van der Waals surface area (Å²) in [6, 6.07) is 0.471. The molecule has 2 fully saturated rings. The van der Waals surface area contributed by atoms with E-state index in [1.807, 2.05) is 12.5 Å². The van der Waals surface area contributed by atoms with E-state index in [-0.39, 0.29) is 0 Å². The summed E-state index contributed by atoms with van der Waals surface area (Å²) in [5.74, 6) is 0. The first-order valence-electron chi connectivity index (χ1n) is 8.13. The number of hydrogen-bond donors (Lipinski definition) is 0. The summed E-state index contributed by atoms with van der Waals surface area (Å²) < 4.78 is 8.13. The molecule has 0 aromatic carbocycles. The highest BCUT2D eigenvalue weighted by atomic mass is 32.1. The largest absolute Gasteiger partial charge is 0.374 e. The highest BCUT2D eigenvalue weighted by molar-refractivity contribution is 7.09. The van der Waals surface area contributed by atoms with E-state index in [1.54, 1.807) is 11.3 Å². The van der Waals surface area contributed by atoms with Gasteiger partial charge in [-0.1, -0.05) is 0 Å². The molecule has 2 atom stereocenters. The lowest BCUT2D eigenvalue weighted by molar-refractivity contribution is -0.0508. The summed E-state index contributed by atoms with van der Waals surface area (Å²) in [4.78, 5) is 13.9. The minimum Gasteiger partial charge on any atom is -0.374 e. The van der Waals surface area contributed by atoms with Gasteiger partial charge in [0.05, 0.1) is 41.5 Å². The maximum Gasteiger partial charge on any atom is 0.0945 e. The van der Waals surface area contributed by atoms with Gasteiger partial charge in [-0.25, -0.2) is 9.97 Å². The Morgan fingerprint density at radius 1 is 1.35 bits per heavy atom. The van der Waals surface area contributed by atoms with Gasteiger partial charge in [-0.05, 0) is 6.92 Å². The molecule has 7 heteroatoms. The molecular formula is C16H23N5OS. The third-order valence-corrected chi connectivity index (χ3v) is 5.65. The fourth-order valence-electron chi connectivity index (χ4n) is 3.61. The van der Waals surface area contributed by atoms with E-state index in [1.165, 1.54) is 11.4 Å². The van der Waals surface area contributed by atoms with Crippen LogP contribution >= 0.6 is 11.3 Å². The zero-order valence-corrected chi connectivity index (χ0v) is 14.5. The molecule has 0 N–H and O–H groups in total. The SMILES string of the molecule is Cc1nc(CN2CCO[C@H]3CN(Cc4cncn4C)C[C@@H]32)cs1. The van der Waals surface area contributed by atoms with Crippen molar-refractivity contribution in [2.45, 2.75) is 32.2 Å². The van der Waals surface area contributed by atoms with Gasteiger partial charge in [-0.3, -0.25) is 9.80 Å². The van der Waals surface area contributed by atoms with Gasteiger partial charge in [0.15, 0.2) is 0 Å². The number of aromatic nitrogens is 3. The fraction of sp³-hybridized carbons (Fsp3) is 0.625. The minimum absolute atomic E-state index is 0.316. The minimum atomic E-state index is 0.316. The van der Waals surface area contributed by atoms with Crippen molar-refractivity contribution in [3.63, 3.8) is 0 Å². The molecule has 2 aromatic rings. The Hall–Kier alpha value is -1.28. The van der Waals surface area contributed by atoms with Gasteiger partial charge in [0.2, 0.25) is 0 Å². The molecule has 4 rings (SSSR count). The summed E-state index contributed by atoms with van der Waals surface area (Å²) in [5, 5.41) is 3.33. The van der Waals surface area contributed by atoms with Gasteiger partial charge >= 0.3 is 0 Å². The molecular weight excluding hydrogens is 310 g/mol. The van der Waals surface area contributed by atoms with Gasteiger partial charge in [0.1, 0.15) is 0 Å². The molecule has 0 saturated carbocycles. The lowest BCUT2D eigenvalue weighted by atomic mass is 10.1. The summed E-state index contributed by atoms with van der Waals surface area (Å²) in [7, 11) is 2.05. The number of hydrogen-bond acceptors (Lipinski definition) is 6. The van der Waals surface area contributed by atoms with Crippen LogP contribution in [0.3, 0.4) is 0 Å². The van der Waals surface area contributed by atoms with Crippen LogP contribution in [0.2, 0.25) is 0 Å². The van der Waals surface area contributed by atoms with Crippen LogP contribution in [0.4, 0.5) is 0 Å². The van der Waals surface area contributed by atoms with Crippen LogP contribution in [-0.2, 0) is 24.9 Å². The topological polar surface area (TPSA) is 46.4 Å². The Morgan fingerprint density at radius 3 is 3.00 bits per heavy atom. The third kappa shape index (κ3) is 3.19. The van der Waals surface area contributed by atoms with E-state index in [4.69, 9.17) is 4.74 Å². The summed E-state index contributed by atoms with van der Waals surface area (Å²) in [6.07, 6.45) is 4.14. The average molecular weight is 333 g/mol. The van der Waals surface area contributed by atoms with Crippen LogP contribution in [0.1, 0.15) is 16.4 Å². The van der Waals surface area contributed by atoms with E-state index in [0.29, 0.717) is 12.1 Å². The van der Waals surface area contributed by atoms with E-state index in [0.717, 1.165) is 44.3 Å². The van der Waals surface area contributed by atoms with Gasteiger partial charge in [-0.15, -0.1) is 11.3 Å². The molecule has 2 aliphatic heterocycles. The van der Waals surface area contributed by atoms with Gasteiger partial charge in [0.25, 0.3) is 0 Å². The number of thiazole rings is 1. The van der Waals surface area contributed by atoms with Crippen molar-refractivity contribution < 1.29 is 4.74 Å². The molecule has 0 unspecified atom stereocenters. The molecule has 124 valence electrons. The fourth-order valence-corrected chi connectivity index (χ4v) is 4.22. The van der Waals surface area contributed by atoms with Crippen LogP contribution in [0.25, 0.3) is 0 Å². The molecule has 23 heavy (non-hydrogen) atoms. The number of imidazole rings is 1. The van der Waals surface area contributed by atoms with E-state index in [9.17, 15) is 0 Å². The third-order valence-electron chi connectivity index (χ3n) is 4.83. The Kier molecular flexibility index (Phi) is 4.19. The van der Waals surface area contributed by atoms with Crippen LogP contribution in [0.15, 0.2) is 17.9 Å². The first-order valence-corrected chi connectivity index (χ1v) is 9.01. The van der Waals surface area contributed by atoms with Gasteiger partial charge in [0, 0.05) is 51.3 Å². The smallest absolute Gasteiger partial charge is 0.0945 e.